The SMILES string of the molecule is CCOC(=O)CCN1C(=O)[C@@H]2[C@@H](C1=O)[C@H]1C[C@@H]2C2=Cc3sc(=O)[nH]c3S[C@H]21. The van der Waals surface area contributed by atoms with Gasteiger partial charge >= 0.3 is 10.8 Å². The number of rotatable bonds is 4. The molecule has 142 valence electrons. The van der Waals surface area contributed by atoms with Crippen molar-refractivity contribution in [2.24, 2.45) is 23.7 Å². The summed E-state index contributed by atoms with van der Waals surface area (Å²) in [5.74, 6) is -1.14. The number of fused-ring (bicyclic) bond motifs is 9. The fourth-order valence-electron chi connectivity index (χ4n) is 5.14. The molecule has 2 amide bonds. The molecular formula is C18H18N2O5S2. The number of esters is 1. The molecule has 5 rings (SSSR count). The Morgan fingerprint density at radius 2 is 2.07 bits per heavy atom. The van der Waals surface area contributed by atoms with Crippen molar-refractivity contribution in [2.75, 3.05) is 13.2 Å². The molecule has 1 saturated heterocycles. The van der Waals surface area contributed by atoms with Crippen LogP contribution in [0.2, 0.25) is 0 Å². The number of imide groups is 1. The third kappa shape index (κ3) is 2.40. The zero-order chi connectivity index (χ0) is 18.9. The van der Waals surface area contributed by atoms with E-state index in [4.69, 9.17) is 4.74 Å². The van der Waals surface area contributed by atoms with E-state index in [0.29, 0.717) is 0 Å². The summed E-state index contributed by atoms with van der Waals surface area (Å²) in [7, 11) is 0. The molecule has 4 aliphatic rings. The molecule has 5 atom stereocenters. The first-order chi connectivity index (χ1) is 13.0. The highest BCUT2D eigenvalue weighted by atomic mass is 32.2. The smallest absolute Gasteiger partial charge is 0.307 e. The Morgan fingerprint density at radius 1 is 1.30 bits per heavy atom. The van der Waals surface area contributed by atoms with Crippen molar-refractivity contribution in [3.8, 4) is 0 Å². The molecule has 2 aliphatic carbocycles. The van der Waals surface area contributed by atoms with Gasteiger partial charge in [-0.1, -0.05) is 28.7 Å². The number of nitrogens with one attached hydrogen (secondary N) is 1. The molecule has 1 N–H and O–H groups in total. The van der Waals surface area contributed by atoms with E-state index in [-0.39, 0.29) is 65.2 Å². The third-order valence-electron chi connectivity index (χ3n) is 6.09. The van der Waals surface area contributed by atoms with E-state index in [1.54, 1.807) is 18.7 Å². The number of H-pyrrole nitrogens is 1. The van der Waals surface area contributed by atoms with Gasteiger partial charge in [0.1, 0.15) is 0 Å². The predicted molar refractivity (Wildman–Crippen MR) is 99.1 cm³/mol. The van der Waals surface area contributed by atoms with Crippen LogP contribution in [0.4, 0.5) is 0 Å². The van der Waals surface area contributed by atoms with Crippen LogP contribution in [0.5, 0.6) is 0 Å². The number of likely N-dealkylation sites (tertiary alicyclic amines) is 1. The molecule has 1 aromatic heterocycles. The van der Waals surface area contributed by atoms with Gasteiger partial charge in [0.15, 0.2) is 0 Å². The number of hydrogen-bond acceptors (Lipinski definition) is 7. The standard InChI is InChI=1S/C18H18N2O5S2/c1-2-25-11(21)3-4-20-16(22)12-7-5-9(13(12)17(20)23)14-8(7)6-10-15(27-14)19-18(24)26-10/h6-7,9,12-14H,2-5H2,1H3,(H,19,24)/t7-,9-,12+,13+,14-/m1/s1. The first-order valence-electron chi connectivity index (χ1n) is 9.11. The Bertz CT molecular complexity index is 948. The lowest BCUT2D eigenvalue weighted by Gasteiger charge is -2.32. The van der Waals surface area contributed by atoms with E-state index < -0.39 is 5.97 Å². The van der Waals surface area contributed by atoms with Gasteiger partial charge in [0.25, 0.3) is 0 Å². The summed E-state index contributed by atoms with van der Waals surface area (Å²) >= 11 is 2.81. The Morgan fingerprint density at radius 3 is 2.85 bits per heavy atom. The molecule has 0 unspecified atom stereocenters. The minimum atomic E-state index is -0.390. The summed E-state index contributed by atoms with van der Waals surface area (Å²) < 4.78 is 4.91. The highest BCUT2D eigenvalue weighted by molar-refractivity contribution is 8.00. The van der Waals surface area contributed by atoms with Gasteiger partial charge in [-0.3, -0.25) is 24.1 Å². The number of hydrogen-bond donors (Lipinski definition) is 1. The summed E-state index contributed by atoms with van der Waals surface area (Å²) in [6.45, 7) is 2.11. The number of aromatic amines is 1. The summed E-state index contributed by atoms with van der Waals surface area (Å²) in [5.41, 5.74) is 1.20. The second kappa shape index (κ2) is 6.07. The van der Waals surface area contributed by atoms with Gasteiger partial charge in [0.05, 0.1) is 34.8 Å². The number of nitrogens with zero attached hydrogens (tertiary/aromatic N) is 1. The van der Waals surface area contributed by atoms with E-state index in [0.717, 1.165) is 16.3 Å². The maximum absolute atomic E-state index is 13.0. The van der Waals surface area contributed by atoms with Gasteiger partial charge in [-0.05, 0) is 31.3 Å². The molecule has 0 aromatic carbocycles. The van der Waals surface area contributed by atoms with Crippen LogP contribution in [0, 0.1) is 23.7 Å². The van der Waals surface area contributed by atoms with Crippen LogP contribution in [-0.2, 0) is 19.1 Å². The number of carbonyl (C=O) groups is 3. The van der Waals surface area contributed by atoms with Crippen LogP contribution in [0.25, 0.3) is 6.08 Å². The minimum absolute atomic E-state index is 0.0412. The average Bonchev–Trinajstić information content (AvgIpc) is 3.33. The maximum Gasteiger partial charge on any atom is 0.307 e. The second-order valence-electron chi connectivity index (χ2n) is 7.33. The predicted octanol–water partition coefficient (Wildman–Crippen LogP) is 1.50. The summed E-state index contributed by atoms with van der Waals surface area (Å²) in [6, 6.07) is 0. The molecule has 27 heavy (non-hydrogen) atoms. The van der Waals surface area contributed by atoms with Crippen molar-refractivity contribution < 1.29 is 19.1 Å². The first-order valence-corrected chi connectivity index (χ1v) is 10.8. The fourth-order valence-corrected chi connectivity index (χ4v) is 7.58. The Labute approximate surface area is 163 Å². The number of amides is 2. The molecule has 1 aromatic rings. The number of thioether (sulfide) groups is 1. The highest BCUT2D eigenvalue weighted by Gasteiger charge is 2.66. The largest absolute Gasteiger partial charge is 0.466 e. The van der Waals surface area contributed by atoms with E-state index in [1.807, 2.05) is 0 Å². The third-order valence-corrected chi connectivity index (χ3v) is 8.48. The molecule has 2 bridgehead atoms. The lowest BCUT2D eigenvalue weighted by atomic mass is 9.77. The van der Waals surface area contributed by atoms with Crippen LogP contribution < -0.4 is 4.87 Å². The Kier molecular flexibility index (Phi) is 3.87. The molecule has 3 heterocycles. The first kappa shape index (κ1) is 17.2. The lowest BCUT2D eigenvalue weighted by molar-refractivity contribution is -0.145. The fraction of sp³-hybridized carbons (Fsp3) is 0.556. The number of carbonyl (C=O) groups excluding carboxylic acids is 3. The second-order valence-corrected chi connectivity index (χ2v) is 9.50. The van der Waals surface area contributed by atoms with Crippen LogP contribution >= 0.6 is 23.1 Å². The van der Waals surface area contributed by atoms with Crippen LogP contribution in [-0.4, -0.2) is 46.1 Å². The van der Waals surface area contributed by atoms with Crippen molar-refractivity contribution in [2.45, 2.75) is 30.0 Å². The van der Waals surface area contributed by atoms with E-state index in [2.05, 4.69) is 11.1 Å². The van der Waals surface area contributed by atoms with Crippen molar-refractivity contribution >= 4 is 47.0 Å². The van der Waals surface area contributed by atoms with Gasteiger partial charge in [0, 0.05) is 11.8 Å². The van der Waals surface area contributed by atoms with E-state index in [1.165, 1.54) is 21.8 Å². The van der Waals surface area contributed by atoms with Crippen LogP contribution in [0.3, 0.4) is 0 Å². The molecule has 3 fully saturated rings. The topological polar surface area (TPSA) is 96.5 Å². The van der Waals surface area contributed by atoms with Crippen molar-refractivity contribution in [3.63, 3.8) is 0 Å². The number of aromatic nitrogens is 1. The molecule has 0 radical (unpaired) electrons. The zero-order valence-corrected chi connectivity index (χ0v) is 16.2. The molecule has 0 spiro atoms. The lowest BCUT2D eigenvalue weighted by Crippen LogP contribution is -2.35. The normalized spacial score (nSPS) is 33.0. The minimum Gasteiger partial charge on any atom is -0.466 e. The van der Waals surface area contributed by atoms with Gasteiger partial charge < -0.3 is 9.72 Å². The molecular weight excluding hydrogens is 388 g/mol. The number of thiazole rings is 1. The van der Waals surface area contributed by atoms with Gasteiger partial charge in [-0.2, -0.15) is 0 Å². The number of ether oxygens (including phenoxy) is 1. The molecule has 9 heteroatoms. The zero-order valence-electron chi connectivity index (χ0n) is 14.6. The van der Waals surface area contributed by atoms with Gasteiger partial charge in [-0.25, -0.2) is 0 Å². The van der Waals surface area contributed by atoms with Crippen molar-refractivity contribution in [1.29, 1.82) is 0 Å². The van der Waals surface area contributed by atoms with E-state index >= 15 is 0 Å². The Balaban J connectivity index is 1.40. The van der Waals surface area contributed by atoms with E-state index in [9.17, 15) is 19.2 Å². The Hall–Kier alpha value is -1.87. The summed E-state index contributed by atoms with van der Waals surface area (Å²) in [5, 5.41) is 1.02. The summed E-state index contributed by atoms with van der Waals surface area (Å²) in [6.07, 6.45) is 2.94. The maximum atomic E-state index is 13.0. The van der Waals surface area contributed by atoms with Gasteiger partial charge in [0.2, 0.25) is 11.8 Å². The quantitative estimate of drug-likeness (QED) is 0.601. The average molecular weight is 406 g/mol. The summed E-state index contributed by atoms with van der Waals surface area (Å²) in [4.78, 5) is 54.1. The molecule has 2 aliphatic heterocycles. The van der Waals surface area contributed by atoms with Crippen molar-refractivity contribution in [3.05, 3.63) is 20.1 Å². The van der Waals surface area contributed by atoms with Crippen molar-refractivity contribution in [1.82, 2.24) is 9.88 Å². The monoisotopic (exact) mass is 406 g/mol. The molecule has 7 nitrogen and oxygen atoms in total. The van der Waals surface area contributed by atoms with Crippen LogP contribution in [0.1, 0.15) is 24.6 Å². The highest BCUT2D eigenvalue weighted by Crippen LogP contribution is 2.64. The van der Waals surface area contributed by atoms with Gasteiger partial charge in [-0.15, -0.1) is 0 Å². The van der Waals surface area contributed by atoms with Crippen LogP contribution in [0.15, 0.2) is 15.4 Å². The molecule has 2 saturated carbocycles.